The molecule has 1 heterocycles. The number of carbonyl (C=O) groups is 2. The third kappa shape index (κ3) is 6.94. The SMILES string of the molecule is Cc1ccccc1-c1ccc(N2CCN(C)CC2)c(/C=C/C(=O)c2cccc(NC(=O)CN(C)C)c2)c1. The molecule has 0 saturated carbocycles. The summed E-state index contributed by atoms with van der Waals surface area (Å²) in [6, 6.07) is 22.0. The number of aryl methyl sites for hydroxylation is 1. The van der Waals surface area contributed by atoms with Crippen LogP contribution in [0.15, 0.2) is 72.8 Å². The van der Waals surface area contributed by atoms with E-state index in [1.165, 1.54) is 11.1 Å². The van der Waals surface area contributed by atoms with E-state index >= 15 is 0 Å². The second kappa shape index (κ2) is 12.0. The Kier molecular flexibility index (Phi) is 8.54. The fourth-order valence-corrected chi connectivity index (χ4v) is 4.59. The van der Waals surface area contributed by atoms with Gasteiger partial charge in [0.2, 0.25) is 5.91 Å². The number of hydrogen-bond donors (Lipinski definition) is 1. The molecule has 1 amide bonds. The summed E-state index contributed by atoms with van der Waals surface area (Å²) in [6.07, 6.45) is 3.56. The number of amides is 1. The van der Waals surface area contributed by atoms with Crippen molar-refractivity contribution in [3.63, 3.8) is 0 Å². The fourth-order valence-electron chi connectivity index (χ4n) is 4.59. The first-order chi connectivity index (χ1) is 17.8. The number of rotatable bonds is 8. The number of ketones is 1. The van der Waals surface area contributed by atoms with Gasteiger partial charge in [-0.25, -0.2) is 0 Å². The van der Waals surface area contributed by atoms with Crippen molar-refractivity contribution in [1.29, 1.82) is 0 Å². The van der Waals surface area contributed by atoms with Crippen LogP contribution in [-0.4, -0.2) is 75.4 Å². The van der Waals surface area contributed by atoms with Crippen molar-refractivity contribution >= 4 is 29.1 Å². The van der Waals surface area contributed by atoms with Crippen LogP contribution in [-0.2, 0) is 4.79 Å². The third-order valence-corrected chi connectivity index (χ3v) is 6.63. The summed E-state index contributed by atoms with van der Waals surface area (Å²) < 4.78 is 0. The Morgan fingerprint density at radius 3 is 2.43 bits per heavy atom. The molecule has 0 aromatic heterocycles. The molecule has 6 nitrogen and oxygen atoms in total. The number of hydrogen-bond acceptors (Lipinski definition) is 5. The molecule has 6 heteroatoms. The van der Waals surface area contributed by atoms with Gasteiger partial charge in [-0.3, -0.25) is 9.59 Å². The first-order valence-corrected chi connectivity index (χ1v) is 12.7. The number of likely N-dealkylation sites (N-methyl/N-ethyl adjacent to an activating group) is 2. The molecule has 0 atom stereocenters. The average Bonchev–Trinajstić information content (AvgIpc) is 2.87. The van der Waals surface area contributed by atoms with E-state index in [0.29, 0.717) is 11.3 Å². The predicted octanol–water partition coefficient (Wildman–Crippen LogP) is 4.81. The van der Waals surface area contributed by atoms with E-state index in [0.717, 1.165) is 43.0 Å². The van der Waals surface area contributed by atoms with Crippen LogP contribution in [0.25, 0.3) is 17.2 Å². The van der Waals surface area contributed by atoms with Crippen molar-refractivity contribution in [2.45, 2.75) is 6.92 Å². The van der Waals surface area contributed by atoms with Crippen molar-refractivity contribution < 1.29 is 9.59 Å². The van der Waals surface area contributed by atoms with Crippen LogP contribution in [0, 0.1) is 6.92 Å². The Morgan fingerprint density at radius 2 is 1.70 bits per heavy atom. The first kappa shape index (κ1) is 26.3. The van der Waals surface area contributed by atoms with Crippen molar-refractivity contribution in [3.8, 4) is 11.1 Å². The van der Waals surface area contributed by atoms with Gasteiger partial charge in [-0.1, -0.05) is 42.5 Å². The summed E-state index contributed by atoms with van der Waals surface area (Å²) in [7, 11) is 5.83. The van der Waals surface area contributed by atoms with Crippen molar-refractivity contribution in [2.75, 3.05) is 64.1 Å². The zero-order valence-corrected chi connectivity index (χ0v) is 22.2. The summed E-state index contributed by atoms with van der Waals surface area (Å²) >= 11 is 0. The number of allylic oxidation sites excluding steroid dienone is 1. The molecular weight excluding hydrogens is 460 g/mol. The molecule has 1 aliphatic rings. The molecular formula is C31H36N4O2. The lowest BCUT2D eigenvalue weighted by Gasteiger charge is -2.35. The van der Waals surface area contributed by atoms with E-state index in [-0.39, 0.29) is 18.2 Å². The van der Waals surface area contributed by atoms with E-state index in [2.05, 4.69) is 65.5 Å². The van der Waals surface area contributed by atoms with Crippen molar-refractivity contribution in [3.05, 3.63) is 89.5 Å². The molecule has 1 aliphatic heterocycles. The number of nitrogens with one attached hydrogen (secondary N) is 1. The number of piperazine rings is 1. The monoisotopic (exact) mass is 496 g/mol. The van der Waals surface area contributed by atoms with Gasteiger partial charge in [0.1, 0.15) is 0 Å². The van der Waals surface area contributed by atoms with Gasteiger partial charge in [0.15, 0.2) is 5.78 Å². The fraction of sp³-hybridized carbons (Fsp3) is 0.290. The maximum atomic E-state index is 13.1. The highest BCUT2D eigenvalue weighted by atomic mass is 16.2. The molecule has 4 rings (SSSR count). The van der Waals surface area contributed by atoms with Gasteiger partial charge >= 0.3 is 0 Å². The van der Waals surface area contributed by atoms with Crippen LogP contribution in [0.2, 0.25) is 0 Å². The number of nitrogens with zero attached hydrogens (tertiary/aromatic N) is 3. The second-order valence-electron chi connectivity index (χ2n) is 9.94. The van der Waals surface area contributed by atoms with Crippen LogP contribution in [0.1, 0.15) is 21.5 Å². The standard InChI is InChI=1S/C31H36N4O2/c1-23-8-5-6-11-28(23)24-12-14-29(35-18-16-34(4)17-19-35)25(20-24)13-15-30(36)26-9-7-10-27(21-26)32-31(37)22-33(2)3/h5-15,20-21H,16-19,22H2,1-4H3,(H,32,37)/b15-13+. The van der Waals surface area contributed by atoms with Gasteiger partial charge < -0.3 is 20.0 Å². The highest BCUT2D eigenvalue weighted by Gasteiger charge is 2.17. The molecule has 1 saturated heterocycles. The molecule has 37 heavy (non-hydrogen) atoms. The Labute approximate surface area is 220 Å². The molecule has 0 aliphatic carbocycles. The van der Waals surface area contributed by atoms with Crippen molar-refractivity contribution in [1.82, 2.24) is 9.80 Å². The molecule has 0 spiro atoms. The number of carbonyl (C=O) groups excluding carboxylic acids is 2. The minimum absolute atomic E-state index is 0.102. The zero-order valence-electron chi connectivity index (χ0n) is 22.2. The Morgan fingerprint density at radius 1 is 0.946 bits per heavy atom. The van der Waals surface area contributed by atoms with Crippen LogP contribution < -0.4 is 10.2 Å². The molecule has 1 N–H and O–H groups in total. The minimum atomic E-state index is -0.116. The van der Waals surface area contributed by atoms with Gasteiger partial charge in [-0.05, 0) is 86.7 Å². The lowest BCUT2D eigenvalue weighted by molar-refractivity contribution is -0.116. The summed E-state index contributed by atoms with van der Waals surface area (Å²) in [5.41, 5.74) is 6.85. The molecule has 0 radical (unpaired) electrons. The van der Waals surface area contributed by atoms with E-state index in [1.54, 1.807) is 35.2 Å². The van der Waals surface area contributed by atoms with Gasteiger partial charge in [-0.15, -0.1) is 0 Å². The quantitative estimate of drug-likeness (QED) is 0.358. The number of benzene rings is 3. The molecule has 192 valence electrons. The molecule has 0 unspecified atom stereocenters. The Balaban J connectivity index is 1.61. The average molecular weight is 497 g/mol. The van der Waals surface area contributed by atoms with E-state index in [1.807, 2.05) is 26.2 Å². The topological polar surface area (TPSA) is 55.9 Å². The molecule has 3 aromatic carbocycles. The molecule has 3 aromatic rings. The Bertz CT molecular complexity index is 1290. The van der Waals surface area contributed by atoms with Gasteiger partial charge in [0, 0.05) is 43.1 Å². The minimum Gasteiger partial charge on any atom is -0.368 e. The smallest absolute Gasteiger partial charge is 0.238 e. The van der Waals surface area contributed by atoms with Gasteiger partial charge in [-0.2, -0.15) is 0 Å². The first-order valence-electron chi connectivity index (χ1n) is 12.7. The van der Waals surface area contributed by atoms with Crippen LogP contribution >= 0.6 is 0 Å². The highest BCUT2D eigenvalue weighted by molar-refractivity contribution is 6.08. The highest BCUT2D eigenvalue weighted by Crippen LogP contribution is 2.31. The summed E-state index contributed by atoms with van der Waals surface area (Å²) in [4.78, 5) is 31.8. The summed E-state index contributed by atoms with van der Waals surface area (Å²) in [6.45, 7) is 6.31. The van der Waals surface area contributed by atoms with Crippen LogP contribution in [0.4, 0.5) is 11.4 Å². The Hall–Kier alpha value is -3.74. The largest absolute Gasteiger partial charge is 0.368 e. The third-order valence-electron chi connectivity index (χ3n) is 6.63. The maximum absolute atomic E-state index is 13.1. The lowest BCUT2D eigenvalue weighted by atomic mass is 9.97. The number of anilines is 2. The molecule has 1 fully saturated rings. The van der Waals surface area contributed by atoms with Crippen LogP contribution in [0.5, 0.6) is 0 Å². The van der Waals surface area contributed by atoms with Crippen LogP contribution in [0.3, 0.4) is 0 Å². The second-order valence-corrected chi connectivity index (χ2v) is 9.94. The normalized spacial score (nSPS) is 14.4. The maximum Gasteiger partial charge on any atom is 0.238 e. The van der Waals surface area contributed by atoms with E-state index < -0.39 is 0 Å². The predicted molar refractivity (Wildman–Crippen MR) is 153 cm³/mol. The van der Waals surface area contributed by atoms with E-state index in [4.69, 9.17) is 0 Å². The molecule has 0 bridgehead atoms. The lowest BCUT2D eigenvalue weighted by Crippen LogP contribution is -2.44. The summed E-state index contributed by atoms with van der Waals surface area (Å²) in [5, 5.41) is 2.86. The van der Waals surface area contributed by atoms with Gasteiger partial charge in [0.25, 0.3) is 0 Å². The zero-order chi connectivity index (χ0) is 26.4. The summed E-state index contributed by atoms with van der Waals surface area (Å²) in [5.74, 6) is -0.218. The van der Waals surface area contributed by atoms with Crippen molar-refractivity contribution in [2.24, 2.45) is 0 Å². The van der Waals surface area contributed by atoms with Gasteiger partial charge in [0.05, 0.1) is 6.54 Å². The van der Waals surface area contributed by atoms with E-state index in [9.17, 15) is 9.59 Å².